The molecular formula is C15H17N5O2. The van der Waals surface area contributed by atoms with Gasteiger partial charge in [-0.1, -0.05) is 0 Å². The van der Waals surface area contributed by atoms with Gasteiger partial charge in [-0.25, -0.2) is 9.97 Å². The Morgan fingerprint density at radius 3 is 2.68 bits per heavy atom. The second-order valence-corrected chi connectivity index (χ2v) is 4.82. The highest BCUT2D eigenvalue weighted by Gasteiger charge is 2.14. The molecule has 0 unspecified atom stereocenters. The van der Waals surface area contributed by atoms with Gasteiger partial charge in [-0.2, -0.15) is 5.10 Å². The van der Waals surface area contributed by atoms with Crippen LogP contribution in [0.5, 0.6) is 11.5 Å². The molecule has 3 aromatic rings. The molecule has 0 bridgehead atoms. The van der Waals surface area contributed by atoms with Crippen molar-refractivity contribution in [1.29, 1.82) is 0 Å². The molecule has 114 valence electrons. The van der Waals surface area contributed by atoms with Crippen molar-refractivity contribution in [2.45, 2.75) is 6.92 Å². The maximum atomic E-state index is 5.38. The fourth-order valence-corrected chi connectivity index (χ4v) is 2.40. The fraction of sp³-hybridized carbons (Fsp3) is 0.267. The molecule has 0 aliphatic heterocycles. The Kier molecular flexibility index (Phi) is 3.54. The third kappa shape index (κ3) is 2.30. The molecule has 1 aromatic carbocycles. The monoisotopic (exact) mass is 299 g/mol. The summed E-state index contributed by atoms with van der Waals surface area (Å²) in [6.45, 7) is 1.92. The SMILES string of the molecule is COc1ccc(OC)c(Nc2ncnc3c(C)nn(C)c23)c1. The van der Waals surface area contributed by atoms with Crippen LogP contribution >= 0.6 is 0 Å². The summed E-state index contributed by atoms with van der Waals surface area (Å²) in [5, 5.41) is 7.67. The Bertz CT molecular complexity index is 828. The molecule has 3 rings (SSSR count). The number of fused-ring (bicyclic) bond motifs is 1. The van der Waals surface area contributed by atoms with Gasteiger partial charge in [-0.3, -0.25) is 4.68 Å². The Hall–Kier alpha value is -2.83. The van der Waals surface area contributed by atoms with E-state index in [1.54, 1.807) is 18.9 Å². The number of anilines is 2. The van der Waals surface area contributed by atoms with Crippen molar-refractivity contribution in [2.24, 2.45) is 7.05 Å². The van der Waals surface area contributed by atoms with E-state index < -0.39 is 0 Å². The third-order valence-electron chi connectivity index (χ3n) is 3.45. The zero-order valence-corrected chi connectivity index (χ0v) is 12.9. The van der Waals surface area contributed by atoms with Gasteiger partial charge in [0.25, 0.3) is 0 Å². The Balaban J connectivity index is 2.10. The maximum absolute atomic E-state index is 5.38. The van der Waals surface area contributed by atoms with Crippen LogP contribution in [0.2, 0.25) is 0 Å². The van der Waals surface area contributed by atoms with Crippen LogP contribution in [0.15, 0.2) is 24.5 Å². The number of ether oxygens (including phenoxy) is 2. The lowest BCUT2D eigenvalue weighted by Crippen LogP contribution is -2.01. The quantitative estimate of drug-likeness (QED) is 0.797. The van der Waals surface area contributed by atoms with Crippen LogP contribution in [0, 0.1) is 6.92 Å². The molecule has 0 atom stereocenters. The average molecular weight is 299 g/mol. The molecular weight excluding hydrogens is 282 g/mol. The van der Waals surface area contributed by atoms with Crippen molar-refractivity contribution in [3.05, 3.63) is 30.2 Å². The van der Waals surface area contributed by atoms with Crippen LogP contribution in [0.4, 0.5) is 11.5 Å². The van der Waals surface area contributed by atoms with E-state index in [2.05, 4.69) is 20.4 Å². The highest BCUT2D eigenvalue weighted by Crippen LogP contribution is 2.33. The molecule has 0 radical (unpaired) electrons. The maximum Gasteiger partial charge on any atom is 0.160 e. The number of methoxy groups -OCH3 is 2. The van der Waals surface area contributed by atoms with Gasteiger partial charge in [-0.05, 0) is 19.1 Å². The lowest BCUT2D eigenvalue weighted by Gasteiger charge is -2.12. The minimum absolute atomic E-state index is 0.666. The largest absolute Gasteiger partial charge is 0.497 e. The second kappa shape index (κ2) is 5.51. The first-order valence-electron chi connectivity index (χ1n) is 6.77. The number of aryl methyl sites for hydroxylation is 2. The second-order valence-electron chi connectivity index (χ2n) is 4.82. The van der Waals surface area contributed by atoms with Crippen LogP contribution < -0.4 is 14.8 Å². The molecule has 1 N–H and O–H groups in total. The van der Waals surface area contributed by atoms with E-state index in [4.69, 9.17) is 9.47 Å². The first-order chi connectivity index (χ1) is 10.6. The number of nitrogens with one attached hydrogen (secondary N) is 1. The normalized spacial score (nSPS) is 10.7. The summed E-state index contributed by atoms with van der Waals surface area (Å²) in [6.07, 6.45) is 1.52. The highest BCUT2D eigenvalue weighted by atomic mass is 16.5. The smallest absolute Gasteiger partial charge is 0.160 e. The average Bonchev–Trinajstić information content (AvgIpc) is 2.83. The molecule has 0 amide bonds. The summed E-state index contributed by atoms with van der Waals surface area (Å²) in [7, 11) is 5.11. The molecule has 2 aromatic heterocycles. The van der Waals surface area contributed by atoms with E-state index in [-0.39, 0.29) is 0 Å². The number of nitrogens with zero attached hydrogens (tertiary/aromatic N) is 4. The molecule has 0 saturated heterocycles. The van der Waals surface area contributed by atoms with Gasteiger partial charge in [-0.15, -0.1) is 0 Å². The van der Waals surface area contributed by atoms with Crippen molar-refractivity contribution >= 4 is 22.5 Å². The number of rotatable bonds is 4. The zero-order valence-electron chi connectivity index (χ0n) is 12.9. The van der Waals surface area contributed by atoms with Crippen molar-refractivity contribution in [3.8, 4) is 11.5 Å². The third-order valence-corrected chi connectivity index (χ3v) is 3.45. The summed E-state index contributed by atoms with van der Waals surface area (Å²) in [5.74, 6) is 2.10. The predicted molar refractivity (Wildman–Crippen MR) is 83.9 cm³/mol. The molecule has 0 aliphatic rings. The van der Waals surface area contributed by atoms with Crippen molar-refractivity contribution in [2.75, 3.05) is 19.5 Å². The summed E-state index contributed by atoms with van der Waals surface area (Å²) >= 11 is 0. The van der Waals surface area contributed by atoms with Gasteiger partial charge in [0, 0.05) is 13.1 Å². The zero-order chi connectivity index (χ0) is 15.7. The minimum Gasteiger partial charge on any atom is -0.497 e. The van der Waals surface area contributed by atoms with Gasteiger partial charge in [0.05, 0.1) is 25.6 Å². The number of benzene rings is 1. The topological polar surface area (TPSA) is 74.1 Å². The Morgan fingerprint density at radius 2 is 1.95 bits per heavy atom. The van der Waals surface area contributed by atoms with E-state index in [9.17, 15) is 0 Å². The predicted octanol–water partition coefficient (Wildman–Crippen LogP) is 2.43. The molecule has 7 heteroatoms. The van der Waals surface area contributed by atoms with Crippen molar-refractivity contribution in [3.63, 3.8) is 0 Å². The summed E-state index contributed by atoms with van der Waals surface area (Å²) in [4.78, 5) is 8.62. The van der Waals surface area contributed by atoms with E-state index >= 15 is 0 Å². The molecule has 2 heterocycles. The molecule has 7 nitrogen and oxygen atoms in total. The van der Waals surface area contributed by atoms with E-state index in [0.717, 1.165) is 28.2 Å². The van der Waals surface area contributed by atoms with Crippen LogP contribution in [0.3, 0.4) is 0 Å². The number of hydrogen-bond acceptors (Lipinski definition) is 6. The minimum atomic E-state index is 0.666. The Morgan fingerprint density at radius 1 is 1.14 bits per heavy atom. The van der Waals surface area contributed by atoms with Crippen LogP contribution in [-0.2, 0) is 7.05 Å². The summed E-state index contributed by atoms with van der Waals surface area (Å²) in [6, 6.07) is 5.54. The van der Waals surface area contributed by atoms with E-state index in [0.29, 0.717) is 11.6 Å². The molecule has 0 fully saturated rings. The first kappa shape index (κ1) is 14.1. The first-order valence-corrected chi connectivity index (χ1v) is 6.77. The van der Waals surface area contributed by atoms with Crippen LogP contribution in [0.25, 0.3) is 11.0 Å². The lowest BCUT2D eigenvalue weighted by atomic mass is 10.2. The molecule has 22 heavy (non-hydrogen) atoms. The standard InChI is InChI=1S/C15H17N5O2/c1-9-13-14(20(2)19-9)15(17-8-16-13)18-11-7-10(21-3)5-6-12(11)22-4/h5-8H,1-4H3,(H,16,17,18). The van der Waals surface area contributed by atoms with Gasteiger partial charge in [0.2, 0.25) is 0 Å². The van der Waals surface area contributed by atoms with Gasteiger partial charge in [0.15, 0.2) is 5.82 Å². The lowest BCUT2D eigenvalue weighted by molar-refractivity contribution is 0.405. The molecule has 0 saturated carbocycles. The molecule has 0 aliphatic carbocycles. The number of hydrogen-bond donors (Lipinski definition) is 1. The number of aromatic nitrogens is 4. The summed E-state index contributed by atoms with van der Waals surface area (Å²) < 4.78 is 12.4. The van der Waals surface area contributed by atoms with Gasteiger partial charge in [0.1, 0.15) is 28.9 Å². The molecule has 0 spiro atoms. The van der Waals surface area contributed by atoms with Crippen LogP contribution in [0.1, 0.15) is 5.69 Å². The van der Waals surface area contributed by atoms with Crippen LogP contribution in [-0.4, -0.2) is 34.0 Å². The fourth-order valence-electron chi connectivity index (χ4n) is 2.40. The summed E-state index contributed by atoms with van der Waals surface area (Å²) in [5.41, 5.74) is 3.29. The van der Waals surface area contributed by atoms with Crippen molar-refractivity contribution in [1.82, 2.24) is 19.7 Å². The highest BCUT2D eigenvalue weighted by molar-refractivity contribution is 5.89. The van der Waals surface area contributed by atoms with Gasteiger partial charge >= 0.3 is 0 Å². The van der Waals surface area contributed by atoms with E-state index in [1.165, 1.54) is 6.33 Å². The van der Waals surface area contributed by atoms with Gasteiger partial charge < -0.3 is 14.8 Å². The Labute approximate surface area is 127 Å². The van der Waals surface area contributed by atoms with E-state index in [1.807, 2.05) is 32.2 Å². The van der Waals surface area contributed by atoms with Crippen molar-refractivity contribution < 1.29 is 9.47 Å².